The molecule has 118 valence electrons. The summed E-state index contributed by atoms with van der Waals surface area (Å²) in [6.45, 7) is 2.32. The van der Waals surface area contributed by atoms with Crippen LogP contribution in [0.15, 0.2) is 24.3 Å². The summed E-state index contributed by atoms with van der Waals surface area (Å²) in [5, 5.41) is 0. The first-order valence-corrected chi connectivity index (χ1v) is 7.49. The van der Waals surface area contributed by atoms with Crippen molar-refractivity contribution >= 4 is 0 Å². The number of rotatable bonds is 4. The van der Waals surface area contributed by atoms with Crippen LogP contribution < -0.4 is 10.5 Å². The second-order valence-corrected chi connectivity index (χ2v) is 5.59. The molecule has 0 bridgehead atoms. The van der Waals surface area contributed by atoms with Gasteiger partial charge in [-0.05, 0) is 31.7 Å². The van der Waals surface area contributed by atoms with E-state index < -0.39 is 24.1 Å². The number of ether oxygens (including phenoxy) is 1. The van der Waals surface area contributed by atoms with E-state index in [2.05, 4.69) is 0 Å². The molecule has 5 heteroatoms. The Labute approximate surface area is 123 Å². The van der Waals surface area contributed by atoms with Gasteiger partial charge in [-0.25, -0.2) is 0 Å². The van der Waals surface area contributed by atoms with E-state index in [1.54, 1.807) is 18.2 Å². The van der Waals surface area contributed by atoms with Crippen molar-refractivity contribution in [1.82, 2.24) is 0 Å². The first-order chi connectivity index (χ1) is 9.95. The molecule has 0 amide bonds. The van der Waals surface area contributed by atoms with Crippen LogP contribution >= 0.6 is 0 Å². The van der Waals surface area contributed by atoms with Gasteiger partial charge in [0.1, 0.15) is 5.75 Å². The Morgan fingerprint density at radius 3 is 2.57 bits per heavy atom. The topological polar surface area (TPSA) is 35.2 Å². The summed E-state index contributed by atoms with van der Waals surface area (Å²) in [5.41, 5.74) is 6.89. The molecule has 0 aromatic heterocycles. The van der Waals surface area contributed by atoms with Crippen LogP contribution in [0.3, 0.4) is 0 Å². The molecule has 0 aliphatic heterocycles. The zero-order chi connectivity index (χ0) is 15.5. The molecule has 2 nitrogen and oxygen atoms in total. The zero-order valence-corrected chi connectivity index (χ0v) is 12.2. The highest BCUT2D eigenvalue weighted by atomic mass is 19.4. The molecule has 3 unspecified atom stereocenters. The van der Waals surface area contributed by atoms with Crippen LogP contribution in [0.5, 0.6) is 5.75 Å². The largest absolute Gasteiger partial charge is 0.494 e. The minimum absolute atomic E-state index is 0.179. The fourth-order valence-corrected chi connectivity index (χ4v) is 3.27. The molecule has 2 N–H and O–H groups in total. The highest BCUT2D eigenvalue weighted by Gasteiger charge is 2.47. The van der Waals surface area contributed by atoms with Gasteiger partial charge in [-0.15, -0.1) is 0 Å². The van der Waals surface area contributed by atoms with Crippen LogP contribution in [0.2, 0.25) is 0 Å². The molecule has 1 aromatic rings. The Hall–Kier alpha value is -1.23. The van der Waals surface area contributed by atoms with Crippen molar-refractivity contribution < 1.29 is 17.9 Å². The molecule has 0 heterocycles. The summed E-state index contributed by atoms with van der Waals surface area (Å²) in [4.78, 5) is 0. The Morgan fingerprint density at radius 1 is 1.24 bits per heavy atom. The molecule has 1 saturated carbocycles. The van der Waals surface area contributed by atoms with Crippen molar-refractivity contribution in [2.45, 2.75) is 44.8 Å². The van der Waals surface area contributed by atoms with Crippen molar-refractivity contribution in [1.29, 1.82) is 0 Å². The molecule has 0 spiro atoms. The van der Waals surface area contributed by atoms with Gasteiger partial charge < -0.3 is 10.5 Å². The van der Waals surface area contributed by atoms with Gasteiger partial charge in [0.25, 0.3) is 0 Å². The highest BCUT2D eigenvalue weighted by molar-refractivity contribution is 5.36. The fraction of sp³-hybridized carbons (Fsp3) is 0.625. The van der Waals surface area contributed by atoms with E-state index in [0.29, 0.717) is 30.8 Å². The van der Waals surface area contributed by atoms with Crippen molar-refractivity contribution in [2.24, 2.45) is 17.6 Å². The van der Waals surface area contributed by atoms with Crippen LogP contribution in [0.4, 0.5) is 13.2 Å². The molecule has 1 aliphatic rings. The Kier molecular flexibility index (Phi) is 5.14. The first-order valence-electron chi connectivity index (χ1n) is 7.49. The second-order valence-electron chi connectivity index (χ2n) is 5.59. The monoisotopic (exact) mass is 301 g/mol. The second kappa shape index (κ2) is 6.69. The lowest BCUT2D eigenvalue weighted by Gasteiger charge is -2.37. The molecule has 2 rings (SSSR count). The van der Waals surface area contributed by atoms with E-state index in [4.69, 9.17) is 10.5 Å². The van der Waals surface area contributed by atoms with Crippen molar-refractivity contribution in [2.75, 3.05) is 6.61 Å². The maximum atomic E-state index is 13.2. The molecule has 1 fully saturated rings. The summed E-state index contributed by atoms with van der Waals surface area (Å²) in [7, 11) is 0. The van der Waals surface area contributed by atoms with Crippen molar-refractivity contribution in [3.63, 3.8) is 0 Å². The van der Waals surface area contributed by atoms with E-state index in [0.717, 1.165) is 6.42 Å². The normalized spacial score (nSPS) is 24.6. The molecular formula is C16H22F3NO. The molecule has 0 radical (unpaired) electrons. The van der Waals surface area contributed by atoms with Crippen molar-refractivity contribution in [3.8, 4) is 5.75 Å². The molecule has 1 aromatic carbocycles. The number of hydrogen-bond donors (Lipinski definition) is 1. The zero-order valence-electron chi connectivity index (χ0n) is 12.2. The SMILES string of the molecule is CCOc1ccccc1C(N)C1CCCCC1C(F)(F)F. The quantitative estimate of drug-likeness (QED) is 0.891. The van der Waals surface area contributed by atoms with Gasteiger partial charge >= 0.3 is 6.18 Å². The Morgan fingerprint density at radius 2 is 1.90 bits per heavy atom. The van der Waals surface area contributed by atoms with Crippen LogP contribution in [0, 0.1) is 11.8 Å². The van der Waals surface area contributed by atoms with Gasteiger partial charge in [-0.3, -0.25) is 0 Å². The summed E-state index contributed by atoms with van der Waals surface area (Å²) in [5.74, 6) is -1.28. The third kappa shape index (κ3) is 3.70. The molecule has 3 atom stereocenters. The van der Waals surface area contributed by atoms with E-state index in [9.17, 15) is 13.2 Å². The number of alkyl halides is 3. The lowest BCUT2D eigenvalue weighted by molar-refractivity contribution is -0.198. The minimum Gasteiger partial charge on any atom is -0.494 e. The van der Waals surface area contributed by atoms with Gasteiger partial charge in [0, 0.05) is 11.6 Å². The molecular weight excluding hydrogens is 279 g/mol. The third-order valence-corrected chi connectivity index (χ3v) is 4.28. The molecule has 0 saturated heterocycles. The van der Waals surface area contributed by atoms with Crippen LogP contribution in [0.1, 0.15) is 44.2 Å². The van der Waals surface area contributed by atoms with Gasteiger partial charge in [0.2, 0.25) is 0 Å². The number of halogens is 3. The van der Waals surface area contributed by atoms with Gasteiger partial charge in [-0.2, -0.15) is 13.2 Å². The number of nitrogens with two attached hydrogens (primary N) is 1. The van der Waals surface area contributed by atoms with E-state index in [-0.39, 0.29) is 6.42 Å². The van der Waals surface area contributed by atoms with Gasteiger partial charge in [0.15, 0.2) is 0 Å². The summed E-state index contributed by atoms with van der Waals surface area (Å²) >= 11 is 0. The minimum atomic E-state index is -4.18. The first kappa shape index (κ1) is 16.1. The third-order valence-electron chi connectivity index (χ3n) is 4.28. The average molecular weight is 301 g/mol. The highest BCUT2D eigenvalue weighted by Crippen LogP contribution is 2.46. The lowest BCUT2D eigenvalue weighted by Crippen LogP contribution is -2.39. The fourth-order valence-electron chi connectivity index (χ4n) is 3.27. The van der Waals surface area contributed by atoms with Crippen LogP contribution in [-0.4, -0.2) is 12.8 Å². The predicted molar refractivity (Wildman–Crippen MR) is 76.0 cm³/mol. The standard InChI is InChI=1S/C16H22F3NO/c1-2-21-14-10-6-4-8-12(14)15(20)11-7-3-5-9-13(11)16(17,18)19/h4,6,8,10-11,13,15H,2-3,5,7,9,20H2,1H3. The number of benzene rings is 1. The van der Waals surface area contributed by atoms with Crippen molar-refractivity contribution in [3.05, 3.63) is 29.8 Å². The maximum absolute atomic E-state index is 13.2. The van der Waals surface area contributed by atoms with E-state index >= 15 is 0 Å². The van der Waals surface area contributed by atoms with Crippen LogP contribution in [-0.2, 0) is 0 Å². The van der Waals surface area contributed by atoms with Crippen LogP contribution in [0.25, 0.3) is 0 Å². The van der Waals surface area contributed by atoms with Gasteiger partial charge in [0.05, 0.1) is 12.5 Å². The molecule has 1 aliphatic carbocycles. The maximum Gasteiger partial charge on any atom is 0.392 e. The lowest BCUT2D eigenvalue weighted by atomic mass is 9.73. The summed E-state index contributed by atoms with van der Waals surface area (Å²) in [6, 6.07) is 6.51. The number of hydrogen-bond acceptors (Lipinski definition) is 2. The summed E-state index contributed by atoms with van der Waals surface area (Å²) < 4.78 is 45.2. The smallest absolute Gasteiger partial charge is 0.392 e. The Bertz CT molecular complexity index is 461. The van der Waals surface area contributed by atoms with E-state index in [1.165, 1.54) is 0 Å². The van der Waals surface area contributed by atoms with E-state index in [1.807, 2.05) is 13.0 Å². The van der Waals surface area contributed by atoms with Gasteiger partial charge in [-0.1, -0.05) is 31.0 Å². The predicted octanol–water partition coefficient (Wildman–Crippen LogP) is 4.45. The number of para-hydroxylation sites is 1. The summed E-state index contributed by atoms with van der Waals surface area (Å²) in [6.07, 6.45) is -2.05. The molecule has 21 heavy (non-hydrogen) atoms. The average Bonchev–Trinajstić information content (AvgIpc) is 2.46. The Balaban J connectivity index is 2.27.